The van der Waals surface area contributed by atoms with Crippen LogP contribution in [0.3, 0.4) is 0 Å². The number of piperidine rings is 1. The molecule has 9 heteroatoms. The number of benzene rings is 1. The highest BCUT2D eigenvalue weighted by molar-refractivity contribution is 5.78. The smallest absolute Gasteiger partial charge is 0.241 e. The topological polar surface area (TPSA) is 103 Å². The standard InChI is InChI=1S/C23H27N5O4/c1-30-19-8-7-17(11-20(19)31-2)22-26-21(32-27-22)15-28-10-4-6-18(14-28)23(29)25-13-16-5-3-9-24-12-16/h3,5,7-9,11-12,18H,4,6,10,13-15H2,1-2H3,(H,25,29). The van der Waals surface area contributed by atoms with Crippen molar-refractivity contribution in [2.75, 3.05) is 27.3 Å². The zero-order chi connectivity index (χ0) is 22.3. The van der Waals surface area contributed by atoms with E-state index in [1.165, 1.54) is 0 Å². The van der Waals surface area contributed by atoms with Crippen LogP contribution in [-0.2, 0) is 17.9 Å². The summed E-state index contributed by atoms with van der Waals surface area (Å²) >= 11 is 0. The van der Waals surface area contributed by atoms with Gasteiger partial charge in [0.2, 0.25) is 17.6 Å². The van der Waals surface area contributed by atoms with Crippen molar-refractivity contribution in [1.29, 1.82) is 0 Å². The van der Waals surface area contributed by atoms with Gasteiger partial charge in [0.05, 0.1) is 26.7 Å². The van der Waals surface area contributed by atoms with Crippen LogP contribution in [0.4, 0.5) is 0 Å². The first kappa shape index (κ1) is 21.8. The number of nitrogens with zero attached hydrogens (tertiary/aromatic N) is 4. The molecular formula is C23H27N5O4. The van der Waals surface area contributed by atoms with E-state index in [-0.39, 0.29) is 11.8 Å². The second-order valence-electron chi connectivity index (χ2n) is 7.73. The molecule has 1 fully saturated rings. The van der Waals surface area contributed by atoms with Crippen LogP contribution >= 0.6 is 0 Å². The van der Waals surface area contributed by atoms with Crippen molar-refractivity contribution in [2.24, 2.45) is 5.92 Å². The normalized spacial score (nSPS) is 16.5. The number of ether oxygens (including phenoxy) is 2. The Balaban J connectivity index is 1.34. The lowest BCUT2D eigenvalue weighted by molar-refractivity contribution is -0.127. The molecule has 1 amide bonds. The molecule has 1 N–H and O–H groups in total. The molecule has 32 heavy (non-hydrogen) atoms. The van der Waals surface area contributed by atoms with Gasteiger partial charge in [-0.2, -0.15) is 4.98 Å². The van der Waals surface area contributed by atoms with E-state index < -0.39 is 0 Å². The SMILES string of the molecule is COc1ccc(-c2noc(CN3CCCC(C(=O)NCc4cccnc4)C3)n2)cc1OC. The number of likely N-dealkylation sites (tertiary alicyclic amines) is 1. The van der Waals surface area contributed by atoms with E-state index in [0.717, 1.165) is 30.5 Å². The lowest BCUT2D eigenvalue weighted by atomic mass is 9.97. The number of pyridine rings is 1. The van der Waals surface area contributed by atoms with E-state index >= 15 is 0 Å². The van der Waals surface area contributed by atoms with Gasteiger partial charge in [0.1, 0.15) is 0 Å². The van der Waals surface area contributed by atoms with Crippen molar-refractivity contribution >= 4 is 5.91 Å². The van der Waals surface area contributed by atoms with Crippen molar-refractivity contribution in [1.82, 2.24) is 25.3 Å². The fourth-order valence-corrected chi connectivity index (χ4v) is 3.85. The predicted octanol–water partition coefficient (Wildman–Crippen LogP) is 2.68. The first-order valence-electron chi connectivity index (χ1n) is 10.6. The zero-order valence-corrected chi connectivity index (χ0v) is 18.3. The molecule has 3 aromatic rings. The Bertz CT molecular complexity index is 1040. The molecule has 168 valence electrons. The zero-order valence-electron chi connectivity index (χ0n) is 18.3. The lowest BCUT2D eigenvalue weighted by Gasteiger charge is -2.30. The second kappa shape index (κ2) is 10.2. The van der Waals surface area contributed by atoms with Gasteiger partial charge in [-0.1, -0.05) is 11.2 Å². The molecule has 0 saturated carbocycles. The van der Waals surface area contributed by atoms with Gasteiger partial charge in [-0.3, -0.25) is 14.7 Å². The predicted molar refractivity (Wildman–Crippen MR) is 117 cm³/mol. The maximum atomic E-state index is 12.6. The van der Waals surface area contributed by atoms with Crippen molar-refractivity contribution in [3.63, 3.8) is 0 Å². The number of amides is 1. The van der Waals surface area contributed by atoms with Crippen LogP contribution in [-0.4, -0.2) is 53.2 Å². The summed E-state index contributed by atoms with van der Waals surface area (Å²) in [5.74, 6) is 2.26. The maximum Gasteiger partial charge on any atom is 0.241 e. The molecule has 3 heterocycles. The number of nitrogens with one attached hydrogen (secondary N) is 1. The van der Waals surface area contributed by atoms with E-state index in [2.05, 4.69) is 25.3 Å². The van der Waals surface area contributed by atoms with Gasteiger partial charge in [0.15, 0.2) is 11.5 Å². The lowest BCUT2D eigenvalue weighted by Crippen LogP contribution is -2.42. The summed E-state index contributed by atoms with van der Waals surface area (Å²) in [6.07, 6.45) is 5.30. The van der Waals surface area contributed by atoms with Crippen LogP contribution in [0.15, 0.2) is 47.2 Å². The molecule has 1 unspecified atom stereocenters. The third kappa shape index (κ3) is 5.23. The summed E-state index contributed by atoms with van der Waals surface area (Å²) in [5, 5.41) is 7.13. The first-order chi connectivity index (χ1) is 15.7. The summed E-state index contributed by atoms with van der Waals surface area (Å²) in [4.78, 5) is 23.4. The number of methoxy groups -OCH3 is 2. The molecule has 1 atom stereocenters. The van der Waals surface area contributed by atoms with Crippen molar-refractivity contribution in [3.8, 4) is 22.9 Å². The molecule has 4 rings (SSSR count). The number of carbonyl (C=O) groups excluding carboxylic acids is 1. The minimum Gasteiger partial charge on any atom is -0.493 e. The van der Waals surface area contributed by atoms with E-state index in [1.807, 2.05) is 30.3 Å². The molecule has 0 bridgehead atoms. The van der Waals surface area contributed by atoms with Gasteiger partial charge in [-0.15, -0.1) is 0 Å². The molecule has 0 aliphatic carbocycles. The Hall–Kier alpha value is -3.46. The minimum atomic E-state index is -0.0614. The Kier molecular flexibility index (Phi) is 6.96. The molecule has 1 saturated heterocycles. The average Bonchev–Trinajstić information content (AvgIpc) is 3.31. The van der Waals surface area contributed by atoms with E-state index in [0.29, 0.717) is 42.8 Å². The molecular weight excluding hydrogens is 410 g/mol. The van der Waals surface area contributed by atoms with Crippen LogP contribution < -0.4 is 14.8 Å². The van der Waals surface area contributed by atoms with E-state index in [9.17, 15) is 4.79 Å². The fourth-order valence-electron chi connectivity index (χ4n) is 3.85. The summed E-state index contributed by atoms with van der Waals surface area (Å²) < 4.78 is 16.1. The average molecular weight is 438 g/mol. The fraction of sp³-hybridized carbons (Fsp3) is 0.391. The summed E-state index contributed by atoms with van der Waals surface area (Å²) in [6.45, 7) is 2.54. The maximum absolute atomic E-state index is 12.6. The van der Waals surface area contributed by atoms with Gasteiger partial charge in [-0.25, -0.2) is 0 Å². The number of rotatable bonds is 8. The molecule has 9 nitrogen and oxygen atoms in total. The molecule has 1 aliphatic rings. The first-order valence-corrected chi connectivity index (χ1v) is 10.6. The van der Waals surface area contributed by atoms with Crippen LogP contribution in [0.2, 0.25) is 0 Å². The third-order valence-corrected chi connectivity index (χ3v) is 5.53. The summed E-state index contributed by atoms with van der Waals surface area (Å²) in [5.41, 5.74) is 1.77. The third-order valence-electron chi connectivity index (χ3n) is 5.53. The van der Waals surface area contributed by atoms with Crippen LogP contribution in [0, 0.1) is 5.92 Å². The molecule has 1 aliphatic heterocycles. The highest BCUT2D eigenvalue weighted by atomic mass is 16.5. The highest BCUT2D eigenvalue weighted by Gasteiger charge is 2.27. The van der Waals surface area contributed by atoms with Gasteiger partial charge in [0, 0.05) is 31.0 Å². The van der Waals surface area contributed by atoms with Gasteiger partial charge in [0.25, 0.3) is 0 Å². The summed E-state index contributed by atoms with van der Waals surface area (Å²) in [7, 11) is 3.18. The molecule has 0 spiro atoms. The molecule has 1 aromatic carbocycles. The largest absolute Gasteiger partial charge is 0.493 e. The summed E-state index contributed by atoms with van der Waals surface area (Å²) in [6, 6.07) is 9.30. The highest BCUT2D eigenvalue weighted by Crippen LogP contribution is 2.31. The van der Waals surface area contributed by atoms with E-state index in [4.69, 9.17) is 14.0 Å². The monoisotopic (exact) mass is 437 g/mol. The molecule has 2 aromatic heterocycles. The van der Waals surface area contributed by atoms with Crippen molar-refractivity contribution < 1.29 is 18.8 Å². The van der Waals surface area contributed by atoms with Gasteiger partial charge in [-0.05, 0) is 49.2 Å². The van der Waals surface area contributed by atoms with Crippen LogP contribution in [0.25, 0.3) is 11.4 Å². The quantitative estimate of drug-likeness (QED) is 0.574. The number of aromatic nitrogens is 3. The number of hydrogen-bond donors (Lipinski definition) is 1. The van der Waals surface area contributed by atoms with Crippen LogP contribution in [0.1, 0.15) is 24.3 Å². The van der Waals surface area contributed by atoms with E-state index in [1.54, 1.807) is 26.6 Å². The minimum absolute atomic E-state index is 0.0614. The van der Waals surface area contributed by atoms with Gasteiger partial charge >= 0.3 is 0 Å². The van der Waals surface area contributed by atoms with Gasteiger partial charge < -0.3 is 19.3 Å². The second-order valence-corrected chi connectivity index (χ2v) is 7.73. The molecule has 0 radical (unpaired) electrons. The van der Waals surface area contributed by atoms with Crippen molar-refractivity contribution in [2.45, 2.75) is 25.9 Å². The Morgan fingerprint density at radius 1 is 1.25 bits per heavy atom. The Labute approximate surface area is 186 Å². The number of carbonyl (C=O) groups is 1. The van der Waals surface area contributed by atoms with Crippen molar-refractivity contribution in [3.05, 3.63) is 54.2 Å². The number of hydrogen-bond acceptors (Lipinski definition) is 8. The Morgan fingerprint density at radius 2 is 2.12 bits per heavy atom. The van der Waals surface area contributed by atoms with Crippen LogP contribution in [0.5, 0.6) is 11.5 Å². The Morgan fingerprint density at radius 3 is 2.91 bits per heavy atom.